The van der Waals surface area contributed by atoms with Crippen LogP contribution in [0.2, 0.25) is 0 Å². The molecule has 1 aromatic carbocycles. The fourth-order valence-corrected chi connectivity index (χ4v) is 3.44. The summed E-state index contributed by atoms with van der Waals surface area (Å²) >= 11 is 0. The average Bonchev–Trinajstić information content (AvgIpc) is 2.42. The van der Waals surface area contributed by atoms with Crippen molar-refractivity contribution < 1.29 is 14.2 Å². The van der Waals surface area contributed by atoms with Crippen LogP contribution in [0.5, 0.6) is 0 Å². The van der Waals surface area contributed by atoms with Gasteiger partial charge in [-0.15, -0.1) is 0 Å². The molecule has 3 nitrogen and oxygen atoms in total. The molecular weight excluding hydrogens is 288 g/mol. The molecule has 0 radical (unpaired) electrons. The van der Waals surface area contributed by atoms with Crippen molar-refractivity contribution in [2.75, 3.05) is 13.2 Å². The van der Waals surface area contributed by atoms with Crippen molar-refractivity contribution in [2.45, 2.75) is 67.0 Å². The Morgan fingerprint density at radius 2 is 1.91 bits per heavy atom. The molecule has 1 fully saturated rings. The summed E-state index contributed by atoms with van der Waals surface area (Å²) in [5.74, 6) is -0.534. The maximum atomic E-state index is 6.27. The maximum absolute atomic E-state index is 6.27. The van der Waals surface area contributed by atoms with Gasteiger partial charge in [-0.3, -0.25) is 0 Å². The van der Waals surface area contributed by atoms with E-state index >= 15 is 0 Å². The van der Waals surface area contributed by atoms with E-state index in [-0.39, 0.29) is 16.9 Å². The Morgan fingerprint density at radius 3 is 2.57 bits per heavy atom. The van der Waals surface area contributed by atoms with Gasteiger partial charge < -0.3 is 14.2 Å². The predicted octanol–water partition coefficient (Wildman–Crippen LogP) is 4.72. The van der Waals surface area contributed by atoms with E-state index in [1.807, 2.05) is 13.8 Å². The minimum absolute atomic E-state index is 0.0360. The van der Waals surface area contributed by atoms with Crippen LogP contribution in [0.25, 0.3) is 0 Å². The molecule has 130 valence electrons. The zero-order valence-electron chi connectivity index (χ0n) is 15.7. The van der Waals surface area contributed by atoms with Gasteiger partial charge in [-0.2, -0.15) is 0 Å². The van der Waals surface area contributed by atoms with Gasteiger partial charge in [0.15, 0.2) is 5.79 Å². The number of hydrogen-bond donors (Lipinski definition) is 0. The van der Waals surface area contributed by atoms with Crippen molar-refractivity contribution in [3.8, 4) is 0 Å². The van der Waals surface area contributed by atoms with Crippen LogP contribution in [0.3, 0.4) is 0 Å². The number of ether oxygens (including phenoxy) is 3. The van der Waals surface area contributed by atoms with E-state index in [9.17, 15) is 0 Å². The monoisotopic (exact) mass is 320 g/mol. The topological polar surface area (TPSA) is 27.7 Å². The van der Waals surface area contributed by atoms with Crippen LogP contribution in [0.1, 0.15) is 52.7 Å². The highest BCUT2D eigenvalue weighted by molar-refractivity contribution is 5.21. The second-order valence-electron chi connectivity index (χ2n) is 8.65. The molecule has 1 aliphatic rings. The molecule has 0 spiro atoms. The van der Waals surface area contributed by atoms with E-state index in [4.69, 9.17) is 14.2 Å². The quantitative estimate of drug-likeness (QED) is 0.786. The normalized spacial score (nSPS) is 23.7. The summed E-state index contributed by atoms with van der Waals surface area (Å²) in [6.45, 7) is 16.9. The summed E-state index contributed by atoms with van der Waals surface area (Å²) in [6.07, 6.45) is 0.0799. The van der Waals surface area contributed by atoms with Gasteiger partial charge in [0, 0.05) is 10.8 Å². The van der Waals surface area contributed by atoms with E-state index in [1.54, 1.807) is 0 Å². The van der Waals surface area contributed by atoms with Crippen LogP contribution >= 0.6 is 0 Å². The molecule has 23 heavy (non-hydrogen) atoms. The van der Waals surface area contributed by atoms with E-state index in [0.29, 0.717) is 19.8 Å². The molecule has 0 saturated carbocycles. The summed E-state index contributed by atoms with van der Waals surface area (Å²) in [6, 6.07) is 8.46. The molecule has 1 heterocycles. The van der Waals surface area contributed by atoms with Crippen molar-refractivity contribution in [1.29, 1.82) is 0 Å². The smallest absolute Gasteiger partial charge is 0.163 e. The second-order valence-corrected chi connectivity index (χ2v) is 8.65. The van der Waals surface area contributed by atoms with Gasteiger partial charge >= 0.3 is 0 Å². The largest absolute Gasteiger partial charge is 0.376 e. The van der Waals surface area contributed by atoms with E-state index < -0.39 is 5.79 Å². The molecule has 1 atom stereocenters. The highest BCUT2D eigenvalue weighted by atomic mass is 16.7. The van der Waals surface area contributed by atoms with Crippen molar-refractivity contribution in [3.05, 3.63) is 35.4 Å². The fourth-order valence-electron chi connectivity index (χ4n) is 3.44. The first-order valence-electron chi connectivity index (χ1n) is 8.47. The van der Waals surface area contributed by atoms with Gasteiger partial charge in [0.25, 0.3) is 0 Å². The molecule has 1 saturated heterocycles. The van der Waals surface area contributed by atoms with Crippen LogP contribution < -0.4 is 0 Å². The zero-order chi connectivity index (χ0) is 17.3. The summed E-state index contributed by atoms with van der Waals surface area (Å²) in [5, 5.41) is 0. The Balaban J connectivity index is 1.99. The minimum atomic E-state index is -0.534. The Labute approximate surface area is 141 Å². The Kier molecular flexibility index (Phi) is 5.24. The van der Waals surface area contributed by atoms with Crippen LogP contribution in [-0.2, 0) is 20.8 Å². The lowest BCUT2D eigenvalue weighted by Crippen LogP contribution is -2.57. The lowest BCUT2D eigenvalue weighted by molar-refractivity contribution is -0.334. The van der Waals surface area contributed by atoms with Gasteiger partial charge in [0.1, 0.15) is 0 Å². The van der Waals surface area contributed by atoms with Crippen molar-refractivity contribution >= 4 is 0 Å². The van der Waals surface area contributed by atoms with E-state index in [1.165, 1.54) is 11.1 Å². The van der Waals surface area contributed by atoms with E-state index in [2.05, 4.69) is 58.9 Å². The fraction of sp³-hybridized carbons (Fsp3) is 0.700. The maximum Gasteiger partial charge on any atom is 0.163 e. The lowest BCUT2D eigenvalue weighted by atomic mass is 9.71. The molecule has 1 aromatic rings. The third-order valence-corrected chi connectivity index (χ3v) is 4.44. The molecule has 3 heteroatoms. The highest BCUT2D eigenvalue weighted by Gasteiger charge is 2.49. The van der Waals surface area contributed by atoms with Gasteiger partial charge in [0.2, 0.25) is 0 Å². The molecule has 0 amide bonds. The third kappa shape index (κ3) is 4.79. The summed E-state index contributed by atoms with van der Waals surface area (Å²) < 4.78 is 18.1. The van der Waals surface area contributed by atoms with E-state index in [0.717, 1.165) is 0 Å². The number of benzene rings is 1. The standard InChI is InChI=1S/C20H32O3/c1-15-9-8-10-16(11-15)12-21-13-18(2,3)17-19(4,5)14-22-20(6,7)23-17/h8-11,17H,12-14H2,1-7H3. The Hall–Kier alpha value is -0.900. The minimum Gasteiger partial charge on any atom is -0.376 e. The van der Waals surface area contributed by atoms with Gasteiger partial charge in [0.05, 0.1) is 25.9 Å². The van der Waals surface area contributed by atoms with Crippen molar-refractivity contribution in [3.63, 3.8) is 0 Å². The SMILES string of the molecule is Cc1cccc(COCC(C)(C)C2OC(C)(C)OCC2(C)C)c1. The molecule has 0 N–H and O–H groups in total. The van der Waals surface area contributed by atoms with Gasteiger partial charge in [-0.1, -0.05) is 57.5 Å². The molecule has 0 aliphatic carbocycles. The molecule has 1 aliphatic heterocycles. The molecule has 0 aromatic heterocycles. The number of rotatable bonds is 5. The van der Waals surface area contributed by atoms with Crippen LogP contribution in [0.4, 0.5) is 0 Å². The molecule has 2 rings (SSSR count). The second kappa shape index (κ2) is 6.54. The van der Waals surface area contributed by atoms with Crippen LogP contribution in [0, 0.1) is 17.8 Å². The van der Waals surface area contributed by atoms with Gasteiger partial charge in [-0.05, 0) is 26.3 Å². The molecule has 1 unspecified atom stereocenters. The Morgan fingerprint density at radius 1 is 1.22 bits per heavy atom. The van der Waals surface area contributed by atoms with Crippen LogP contribution in [0.15, 0.2) is 24.3 Å². The predicted molar refractivity (Wildman–Crippen MR) is 93.3 cm³/mol. The van der Waals surface area contributed by atoms with Crippen LogP contribution in [-0.4, -0.2) is 25.1 Å². The molecular formula is C20H32O3. The van der Waals surface area contributed by atoms with Crippen molar-refractivity contribution in [2.24, 2.45) is 10.8 Å². The van der Waals surface area contributed by atoms with Gasteiger partial charge in [-0.25, -0.2) is 0 Å². The summed E-state index contributed by atoms with van der Waals surface area (Å²) in [5.41, 5.74) is 2.36. The highest BCUT2D eigenvalue weighted by Crippen LogP contribution is 2.43. The first-order valence-corrected chi connectivity index (χ1v) is 8.47. The summed E-state index contributed by atoms with van der Waals surface area (Å²) in [7, 11) is 0. The Bertz CT molecular complexity index is 531. The molecule has 0 bridgehead atoms. The average molecular weight is 320 g/mol. The number of aryl methyl sites for hydroxylation is 1. The summed E-state index contributed by atoms with van der Waals surface area (Å²) in [4.78, 5) is 0. The zero-order valence-corrected chi connectivity index (χ0v) is 15.7. The first-order chi connectivity index (χ1) is 10.5. The third-order valence-electron chi connectivity index (χ3n) is 4.44. The van der Waals surface area contributed by atoms with Crippen molar-refractivity contribution in [1.82, 2.24) is 0 Å². The number of hydrogen-bond acceptors (Lipinski definition) is 3. The lowest BCUT2D eigenvalue weighted by Gasteiger charge is -2.51. The first kappa shape index (κ1) is 18.4.